The number of hydrogen-bond donors (Lipinski definition) is 3. The van der Waals surface area contributed by atoms with E-state index in [0.29, 0.717) is 32.8 Å². The van der Waals surface area contributed by atoms with Gasteiger partial charge in [-0.25, -0.2) is 0 Å². The lowest BCUT2D eigenvalue weighted by Crippen LogP contribution is -2.47. The summed E-state index contributed by atoms with van der Waals surface area (Å²) in [4.78, 5) is 14.2. The summed E-state index contributed by atoms with van der Waals surface area (Å²) in [5.41, 5.74) is 17.1. The molecule has 6 N–H and O–H groups in total. The fourth-order valence-electron chi connectivity index (χ4n) is 3.10. The van der Waals surface area contributed by atoms with E-state index in [4.69, 9.17) is 21.9 Å². The van der Waals surface area contributed by atoms with Gasteiger partial charge in [-0.15, -0.1) is 0 Å². The first-order chi connectivity index (χ1) is 13.2. The molecule has 0 saturated heterocycles. The largest absolute Gasteiger partial charge is 0.379 e. The second-order valence-electron chi connectivity index (χ2n) is 7.47. The van der Waals surface area contributed by atoms with Crippen molar-refractivity contribution in [2.24, 2.45) is 17.2 Å². The molecule has 0 saturated carbocycles. The molecule has 0 radical (unpaired) electrons. The van der Waals surface area contributed by atoms with Crippen molar-refractivity contribution in [3.05, 3.63) is 0 Å². The molecule has 6 nitrogen and oxygen atoms in total. The average Bonchev–Trinajstić information content (AvgIpc) is 2.68. The zero-order valence-electron chi connectivity index (χ0n) is 17.8. The maximum Gasteiger partial charge on any atom is 0.241 e. The molecule has 0 heterocycles. The summed E-state index contributed by atoms with van der Waals surface area (Å²) in [5, 5.41) is 0. The fourth-order valence-corrected chi connectivity index (χ4v) is 3.10. The van der Waals surface area contributed by atoms with Crippen molar-refractivity contribution in [3.63, 3.8) is 0 Å². The molecule has 0 bridgehead atoms. The van der Waals surface area contributed by atoms with Gasteiger partial charge in [-0.05, 0) is 32.4 Å². The molecular weight excluding hydrogens is 340 g/mol. The molecule has 1 amide bonds. The third kappa shape index (κ3) is 16.0. The van der Waals surface area contributed by atoms with Gasteiger partial charge in [-0.2, -0.15) is 0 Å². The van der Waals surface area contributed by atoms with Crippen LogP contribution in [0.2, 0.25) is 0 Å². The minimum Gasteiger partial charge on any atom is -0.379 e. The van der Waals surface area contributed by atoms with E-state index in [0.717, 1.165) is 19.3 Å². The van der Waals surface area contributed by atoms with Gasteiger partial charge < -0.3 is 26.8 Å². The Hall–Kier alpha value is -0.690. The second kappa shape index (κ2) is 20.1. The highest BCUT2D eigenvalue weighted by Gasteiger charge is 2.20. The molecule has 0 fully saturated rings. The number of hydrogen-bond acceptors (Lipinski definition) is 5. The van der Waals surface area contributed by atoms with E-state index in [1.165, 1.54) is 57.8 Å². The standard InChI is InChI=1S/C21H46N4O2/c1-2-3-4-5-6-7-8-9-10-11-18-27-19-20(24)21(26)25(16-12-14-22)17-13-15-23/h20H,2-19,22-24H2,1H3/t20-/m1/s1. The molecule has 0 rings (SSSR count). The first-order valence-corrected chi connectivity index (χ1v) is 11.2. The highest BCUT2D eigenvalue weighted by Crippen LogP contribution is 2.10. The van der Waals surface area contributed by atoms with Crippen LogP contribution in [0.25, 0.3) is 0 Å². The van der Waals surface area contributed by atoms with Gasteiger partial charge in [-0.1, -0.05) is 64.7 Å². The summed E-state index contributed by atoms with van der Waals surface area (Å²) in [6.07, 6.45) is 14.6. The summed E-state index contributed by atoms with van der Waals surface area (Å²) in [5.74, 6) is -0.0556. The van der Waals surface area contributed by atoms with Gasteiger partial charge in [-0.3, -0.25) is 4.79 Å². The minimum absolute atomic E-state index is 0.0556. The van der Waals surface area contributed by atoms with Crippen molar-refractivity contribution < 1.29 is 9.53 Å². The molecule has 162 valence electrons. The number of rotatable bonds is 20. The van der Waals surface area contributed by atoms with E-state index < -0.39 is 6.04 Å². The molecule has 1 atom stereocenters. The Morgan fingerprint density at radius 3 is 1.78 bits per heavy atom. The molecule has 0 spiro atoms. The highest BCUT2D eigenvalue weighted by atomic mass is 16.5. The van der Waals surface area contributed by atoms with Gasteiger partial charge >= 0.3 is 0 Å². The van der Waals surface area contributed by atoms with E-state index in [2.05, 4.69) is 6.92 Å². The van der Waals surface area contributed by atoms with Gasteiger partial charge in [0.15, 0.2) is 0 Å². The van der Waals surface area contributed by atoms with Crippen LogP contribution in [-0.2, 0) is 9.53 Å². The molecule has 0 aromatic rings. The Kier molecular flexibility index (Phi) is 19.5. The average molecular weight is 387 g/mol. The number of amides is 1. The number of nitrogens with two attached hydrogens (primary N) is 3. The first kappa shape index (κ1) is 26.3. The summed E-state index contributed by atoms with van der Waals surface area (Å²) >= 11 is 0. The second-order valence-corrected chi connectivity index (χ2v) is 7.47. The number of ether oxygens (including phenoxy) is 1. The normalized spacial score (nSPS) is 12.3. The fraction of sp³-hybridized carbons (Fsp3) is 0.952. The monoisotopic (exact) mass is 386 g/mol. The lowest BCUT2D eigenvalue weighted by molar-refractivity contribution is -0.134. The molecule has 0 aromatic heterocycles. The van der Waals surface area contributed by atoms with Crippen molar-refractivity contribution >= 4 is 5.91 Å². The zero-order chi connectivity index (χ0) is 20.2. The summed E-state index contributed by atoms with van der Waals surface area (Å²) < 4.78 is 5.63. The Morgan fingerprint density at radius 1 is 0.815 bits per heavy atom. The van der Waals surface area contributed by atoms with Crippen LogP contribution in [0, 0.1) is 0 Å². The van der Waals surface area contributed by atoms with E-state index in [-0.39, 0.29) is 12.5 Å². The van der Waals surface area contributed by atoms with Crippen molar-refractivity contribution in [2.75, 3.05) is 39.4 Å². The van der Waals surface area contributed by atoms with E-state index in [1.54, 1.807) is 4.90 Å². The van der Waals surface area contributed by atoms with Gasteiger partial charge in [0.05, 0.1) is 6.61 Å². The summed E-state index contributed by atoms with van der Waals surface area (Å²) in [6, 6.07) is -0.594. The SMILES string of the molecule is CCCCCCCCCCCCOC[C@@H](N)C(=O)N(CCCN)CCCN. The third-order valence-electron chi connectivity index (χ3n) is 4.83. The van der Waals surface area contributed by atoms with Gasteiger partial charge in [0.1, 0.15) is 6.04 Å². The summed E-state index contributed by atoms with van der Waals surface area (Å²) in [7, 11) is 0. The van der Waals surface area contributed by atoms with Crippen molar-refractivity contribution in [1.29, 1.82) is 0 Å². The van der Waals surface area contributed by atoms with Crippen LogP contribution in [-0.4, -0.2) is 56.2 Å². The number of carbonyl (C=O) groups excluding carboxylic acids is 1. The topological polar surface area (TPSA) is 108 Å². The van der Waals surface area contributed by atoms with Crippen molar-refractivity contribution in [2.45, 2.75) is 90.0 Å². The van der Waals surface area contributed by atoms with Crippen molar-refractivity contribution in [3.8, 4) is 0 Å². The summed E-state index contributed by atoms with van der Waals surface area (Å²) in [6.45, 7) is 5.64. The predicted octanol–water partition coefficient (Wildman–Crippen LogP) is 2.78. The number of carbonyl (C=O) groups is 1. The van der Waals surface area contributed by atoms with Crippen molar-refractivity contribution in [1.82, 2.24) is 4.90 Å². The lowest BCUT2D eigenvalue weighted by atomic mass is 10.1. The number of unbranched alkanes of at least 4 members (excludes halogenated alkanes) is 9. The predicted molar refractivity (Wildman–Crippen MR) is 115 cm³/mol. The van der Waals surface area contributed by atoms with Crippen LogP contribution in [0.3, 0.4) is 0 Å². The van der Waals surface area contributed by atoms with Crippen LogP contribution in [0.5, 0.6) is 0 Å². The number of nitrogens with zero attached hydrogens (tertiary/aromatic N) is 1. The van der Waals surface area contributed by atoms with Gasteiger partial charge in [0.25, 0.3) is 0 Å². The van der Waals surface area contributed by atoms with Gasteiger partial charge in [0, 0.05) is 19.7 Å². The quantitative estimate of drug-likeness (QED) is 0.279. The van der Waals surface area contributed by atoms with E-state index in [1.807, 2.05) is 0 Å². The van der Waals surface area contributed by atoms with Crippen LogP contribution in [0.1, 0.15) is 84.0 Å². The molecule has 0 unspecified atom stereocenters. The Labute approximate surface area is 167 Å². The maximum absolute atomic E-state index is 12.4. The maximum atomic E-state index is 12.4. The van der Waals surface area contributed by atoms with E-state index in [9.17, 15) is 4.79 Å². The Balaban J connectivity index is 3.67. The molecular formula is C21H46N4O2. The van der Waals surface area contributed by atoms with E-state index >= 15 is 0 Å². The molecule has 6 heteroatoms. The Bertz CT molecular complexity index is 321. The van der Waals surface area contributed by atoms with Gasteiger partial charge in [0.2, 0.25) is 5.91 Å². The molecule has 0 aliphatic carbocycles. The zero-order valence-corrected chi connectivity index (χ0v) is 17.8. The smallest absolute Gasteiger partial charge is 0.241 e. The lowest BCUT2D eigenvalue weighted by Gasteiger charge is -2.25. The van der Waals surface area contributed by atoms with Crippen LogP contribution in [0.15, 0.2) is 0 Å². The molecule has 0 aromatic carbocycles. The van der Waals surface area contributed by atoms with Crippen LogP contribution in [0.4, 0.5) is 0 Å². The Morgan fingerprint density at radius 2 is 1.30 bits per heavy atom. The highest BCUT2D eigenvalue weighted by molar-refractivity contribution is 5.81. The third-order valence-corrected chi connectivity index (χ3v) is 4.83. The molecule has 0 aliphatic heterocycles. The molecule has 27 heavy (non-hydrogen) atoms. The van der Waals surface area contributed by atoms with Crippen LogP contribution < -0.4 is 17.2 Å². The molecule has 0 aliphatic rings. The minimum atomic E-state index is -0.594. The first-order valence-electron chi connectivity index (χ1n) is 11.2. The van der Waals surface area contributed by atoms with Crippen LogP contribution >= 0.6 is 0 Å².